The van der Waals surface area contributed by atoms with E-state index in [-0.39, 0.29) is 17.7 Å². The van der Waals surface area contributed by atoms with E-state index in [9.17, 15) is 9.59 Å². The molecule has 7 heteroatoms. The van der Waals surface area contributed by atoms with Gasteiger partial charge in [0.2, 0.25) is 11.8 Å². The lowest BCUT2D eigenvalue weighted by Crippen LogP contribution is -2.45. The molecule has 2 aromatic rings. The fraction of sp³-hybridized carbons (Fsp3) is 0.476. The number of amides is 2. The molecule has 4 rings (SSSR count). The molecular weight excluding hydrogens is 372 g/mol. The Balaban J connectivity index is 1.23. The molecule has 6 nitrogen and oxygen atoms in total. The summed E-state index contributed by atoms with van der Waals surface area (Å²) in [5.74, 6) is 0.816. The Morgan fingerprint density at radius 3 is 2.79 bits per heavy atom. The number of piperidine rings is 1. The minimum absolute atomic E-state index is 0.0159. The van der Waals surface area contributed by atoms with Crippen LogP contribution in [-0.2, 0) is 22.6 Å². The average Bonchev–Trinajstić information content (AvgIpc) is 3.18. The highest BCUT2D eigenvalue weighted by Crippen LogP contribution is 2.24. The van der Waals surface area contributed by atoms with Crippen LogP contribution in [0.4, 0.5) is 5.82 Å². The molecule has 0 unspecified atom stereocenters. The topological polar surface area (TPSA) is 65.5 Å². The minimum Gasteiger partial charge on any atom is -0.337 e. The molecule has 0 bridgehead atoms. The SMILES string of the molecule is Cc1ccc(NC(=O)C2CCN(CC(=O)N3CCc4sccc4C3)CC2)nc1. The van der Waals surface area contributed by atoms with Crippen LogP contribution in [0.5, 0.6) is 0 Å². The van der Waals surface area contributed by atoms with Crippen molar-refractivity contribution in [1.29, 1.82) is 0 Å². The first-order chi connectivity index (χ1) is 13.6. The van der Waals surface area contributed by atoms with Gasteiger partial charge in [-0.3, -0.25) is 14.5 Å². The van der Waals surface area contributed by atoms with Gasteiger partial charge >= 0.3 is 0 Å². The molecule has 1 fully saturated rings. The lowest BCUT2D eigenvalue weighted by atomic mass is 9.96. The summed E-state index contributed by atoms with van der Waals surface area (Å²) in [7, 11) is 0. The van der Waals surface area contributed by atoms with Gasteiger partial charge in [0.1, 0.15) is 5.82 Å². The number of likely N-dealkylation sites (tertiary alicyclic amines) is 1. The first kappa shape index (κ1) is 19.1. The number of nitrogens with zero attached hydrogens (tertiary/aromatic N) is 3. The van der Waals surface area contributed by atoms with Crippen molar-refractivity contribution in [2.45, 2.75) is 32.7 Å². The van der Waals surface area contributed by atoms with Gasteiger partial charge in [-0.25, -0.2) is 4.98 Å². The average molecular weight is 399 g/mol. The van der Waals surface area contributed by atoms with Crippen molar-refractivity contribution in [3.63, 3.8) is 0 Å². The molecule has 2 amide bonds. The first-order valence-electron chi connectivity index (χ1n) is 9.87. The summed E-state index contributed by atoms with van der Waals surface area (Å²) >= 11 is 1.79. The van der Waals surface area contributed by atoms with Crippen LogP contribution in [0, 0.1) is 12.8 Å². The quantitative estimate of drug-likeness (QED) is 0.860. The largest absolute Gasteiger partial charge is 0.337 e. The fourth-order valence-corrected chi connectivity index (χ4v) is 4.77. The summed E-state index contributed by atoms with van der Waals surface area (Å²) < 4.78 is 0. The number of thiophene rings is 1. The third kappa shape index (κ3) is 4.42. The maximum Gasteiger partial charge on any atom is 0.237 e. The van der Waals surface area contributed by atoms with Gasteiger partial charge in [-0.2, -0.15) is 0 Å². The van der Waals surface area contributed by atoms with Crippen molar-refractivity contribution in [1.82, 2.24) is 14.8 Å². The summed E-state index contributed by atoms with van der Waals surface area (Å²) in [4.78, 5) is 35.0. The number of aryl methyl sites for hydroxylation is 1. The van der Waals surface area contributed by atoms with E-state index in [1.165, 1.54) is 10.4 Å². The van der Waals surface area contributed by atoms with Crippen LogP contribution >= 0.6 is 11.3 Å². The monoisotopic (exact) mass is 398 g/mol. The summed E-state index contributed by atoms with van der Waals surface area (Å²) in [5.41, 5.74) is 2.37. The van der Waals surface area contributed by atoms with Crippen molar-refractivity contribution in [2.75, 3.05) is 31.5 Å². The number of anilines is 1. The normalized spacial score (nSPS) is 18.0. The van der Waals surface area contributed by atoms with Gasteiger partial charge in [-0.15, -0.1) is 11.3 Å². The Morgan fingerprint density at radius 2 is 2.04 bits per heavy atom. The van der Waals surface area contributed by atoms with Crippen molar-refractivity contribution in [3.05, 3.63) is 45.8 Å². The second-order valence-electron chi connectivity index (χ2n) is 7.69. The number of hydrogen-bond donors (Lipinski definition) is 1. The number of hydrogen-bond acceptors (Lipinski definition) is 5. The molecule has 0 saturated carbocycles. The highest BCUT2D eigenvalue weighted by Gasteiger charge is 2.28. The number of fused-ring (bicyclic) bond motifs is 1. The van der Waals surface area contributed by atoms with Gasteiger partial charge in [0.15, 0.2) is 0 Å². The molecule has 1 N–H and O–H groups in total. The number of carbonyl (C=O) groups excluding carboxylic acids is 2. The third-order valence-electron chi connectivity index (χ3n) is 5.64. The first-order valence-corrected chi connectivity index (χ1v) is 10.8. The minimum atomic E-state index is -0.0159. The molecule has 2 aromatic heterocycles. The predicted octanol–water partition coefficient (Wildman–Crippen LogP) is 2.69. The van der Waals surface area contributed by atoms with E-state index < -0.39 is 0 Å². The third-order valence-corrected chi connectivity index (χ3v) is 6.66. The highest BCUT2D eigenvalue weighted by atomic mass is 32.1. The van der Waals surface area contributed by atoms with E-state index in [0.717, 1.165) is 51.0 Å². The smallest absolute Gasteiger partial charge is 0.237 e. The van der Waals surface area contributed by atoms with Crippen molar-refractivity contribution in [3.8, 4) is 0 Å². The van der Waals surface area contributed by atoms with Crippen LogP contribution in [0.1, 0.15) is 28.8 Å². The van der Waals surface area contributed by atoms with E-state index in [4.69, 9.17) is 0 Å². The Morgan fingerprint density at radius 1 is 1.21 bits per heavy atom. The fourth-order valence-electron chi connectivity index (χ4n) is 3.88. The molecule has 28 heavy (non-hydrogen) atoms. The van der Waals surface area contributed by atoms with Gasteiger partial charge in [-0.1, -0.05) is 6.07 Å². The zero-order chi connectivity index (χ0) is 19.5. The van der Waals surface area contributed by atoms with E-state index in [1.54, 1.807) is 17.5 Å². The van der Waals surface area contributed by atoms with Gasteiger partial charge in [-0.05, 0) is 67.9 Å². The van der Waals surface area contributed by atoms with Crippen LogP contribution in [0.3, 0.4) is 0 Å². The molecule has 0 aromatic carbocycles. The number of nitrogens with one attached hydrogen (secondary N) is 1. The van der Waals surface area contributed by atoms with Crippen LogP contribution in [-0.4, -0.2) is 52.8 Å². The standard InChI is InChI=1S/C21H26N4O2S/c1-15-2-3-19(22-12-15)23-21(27)16-4-8-24(9-5-16)14-20(26)25-10-6-18-17(13-25)7-11-28-18/h2-3,7,11-12,16H,4-6,8-10,13-14H2,1H3,(H,22,23,27). The Labute approximate surface area is 169 Å². The summed E-state index contributed by atoms with van der Waals surface area (Å²) in [6.07, 6.45) is 4.27. The van der Waals surface area contributed by atoms with Crippen molar-refractivity contribution >= 4 is 29.0 Å². The lowest BCUT2D eigenvalue weighted by molar-refractivity contribution is -0.133. The maximum absolute atomic E-state index is 12.7. The second-order valence-corrected chi connectivity index (χ2v) is 8.70. The predicted molar refractivity (Wildman–Crippen MR) is 110 cm³/mol. The van der Waals surface area contributed by atoms with Crippen LogP contribution in [0.25, 0.3) is 0 Å². The van der Waals surface area contributed by atoms with Crippen LogP contribution in [0.2, 0.25) is 0 Å². The molecule has 2 aliphatic rings. The Hall–Kier alpha value is -2.25. The summed E-state index contributed by atoms with van der Waals surface area (Å²) in [6, 6.07) is 5.90. The summed E-state index contributed by atoms with van der Waals surface area (Å²) in [6.45, 7) is 5.53. The molecule has 4 heterocycles. The molecule has 0 atom stereocenters. The maximum atomic E-state index is 12.7. The van der Waals surface area contributed by atoms with E-state index >= 15 is 0 Å². The van der Waals surface area contributed by atoms with Crippen LogP contribution < -0.4 is 5.32 Å². The molecule has 0 aliphatic carbocycles. The zero-order valence-corrected chi connectivity index (χ0v) is 17.0. The van der Waals surface area contributed by atoms with Crippen LogP contribution in [0.15, 0.2) is 29.8 Å². The molecule has 0 radical (unpaired) electrons. The van der Waals surface area contributed by atoms with Crippen molar-refractivity contribution < 1.29 is 9.59 Å². The zero-order valence-electron chi connectivity index (χ0n) is 16.2. The highest BCUT2D eigenvalue weighted by molar-refractivity contribution is 7.10. The Bertz CT molecular complexity index is 840. The van der Waals surface area contributed by atoms with Gasteiger partial charge < -0.3 is 10.2 Å². The number of rotatable bonds is 4. The van der Waals surface area contributed by atoms with Gasteiger partial charge in [0.05, 0.1) is 6.54 Å². The van der Waals surface area contributed by atoms with E-state index in [0.29, 0.717) is 12.4 Å². The number of pyridine rings is 1. The Kier molecular flexibility index (Phi) is 5.73. The molecule has 1 saturated heterocycles. The molecular formula is C21H26N4O2S. The molecule has 2 aliphatic heterocycles. The molecule has 148 valence electrons. The number of carbonyl (C=O) groups is 2. The second kappa shape index (κ2) is 8.41. The van der Waals surface area contributed by atoms with E-state index in [2.05, 4.69) is 26.6 Å². The van der Waals surface area contributed by atoms with Crippen molar-refractivity contribution in [2.24, 2.45) is 5.92 Å². The van der Waals surface area contributed by atoms with Gasteiger partial charge in [0, 0.05) is 30.1 Å². The summed E-state index contributed by atoms with van der Waals surface area (Å²) in [5, 5.41) is 5.02. The molecule has 0 spiro atoms. The van der Waals surface area contributed by atoms with E-state index in [1.807, 2.05) is 24.0 Å². The van der Waals surface area contributed by atoms with Gasteiger partial charge in [0.25, 0.3) is 0 Å². The number of aromatic nitrogens is 1. The lowest BCUT2D eigenvalue weighted by Gasteiger charge is -2.33.